The molecule has 2 aliphatic heterocycles. The number of hydrogen-bond donors (Lipinski definition) is 1. The van der Waals surface area contributed by atoms with Crippen LogP contribution in [0.15, 0.2) is 0 Å². The summed E-state index contributed by atoms with van der Waals surface area (Å²) in [6.45, 7) is 3.81. The SMILES string of the molecule is O=C(C1CCCC1)N1CCCC(S(=O)(=O)NCC2CN(C3CC3)CCO2)C1. The maximum absolute atomic E-state index is 12.8. The van der Waals surface area contributed by atoms with Gasteiger partial charge in [-0.1, -0.05) is 12.8 Å². The van der Waals surface area contributed by atoms with Crippen molar-refractivity contribution in [2.75, 3.05) is 39.3 Å². The van der Waals surface area contributed by atoms with Gasteiger partial charge in [-0.15, -0.1) is 0 Å². The predicted molar refractivity (Wildman–Crippen MR) is 103 cm³/mol. The summed E-state index contributed by atoms with van der Waals surface area (Å²) in [5, 5.41) is -0.500. The summed E-state index contributed by atoms with van der Waals surface area (Å²) < 4.78 is 34.2. The van der Waals surface area contributed by atoms with Gasteiger partial charge in [0.25, 0.3) is 0 Å². The number of sulfonamides is 1. The second-order valence-electron chi connectivity index (χ2n) is 8.64. The monoisotopic (exact) mass is 399 g/mol. The van der Waals surface area contributed by atoms with E-state index in [1.54, 1.807) is 4.90 Å². The van der Waals surface area contributed by atoms with Gasteiger partial charge in [0.15, 0.2) is 0 Å². The molecule has 2 saturated carbocycles. The number of ether oxygens (including phenoxy) is 1. The molecule has 7 nitrogen and oxygen atoms in total. The van der Waals surface area contributed by atoms with Crippen molar-refractivity contribution < 1.29 is 17.9 Å². The average Bonchev–Trinajstić information content (AvgIpc) is 3.40. The minimum absolute atomic E-state index is 0.0751. The highest BCUT2D eigenvalue weighted by molar-refractivity contribution is 7.90. The molecule has 2 atom stereocenters. The fourth-order valence-electron chi connectivity index (χ4n) is 4.79. The van der Waals surface area contributed by atoms with Gasteiger partial charge >= 0.3 is 0 Å². The zero-order valence-electron chi connectivity index (χ0n) is 16.1. The topological polar surface area (TPSA) is 79.0 Å². The van der Waals surface area contributed by atoms with Crippen molar-refractivity contribution in [3.8, 4) is 0 Å². The molecule has 2 unspecified atom stereocenters. The Morgan fingerprint density at radius 3 is 2.52 bits per heavy atom. The molecule has 0 aromatic rings. The second-order valence-corrected chi connectivity index (χ2v) is 10.7. The van der Waals surface area contributed by atoms with Gasteiger partial charge in [-0.05, 0) is 38.5 Å². The van der Waals surface area contributed by atoms with Crippen LogP contribution in [0.25, 0.3) is 0 Å². The number of rotatable bonds is 6. The molecule has 0 aromatic heterocycles. The molecule has 2 aliphatic carbocycles. The number of hydrogen-bond acceptors (Lipinski definition) is 5. The van der Waals surface area contributed by atoms with Crippen LogP contribution >= 0.6 is 0 Å². The molecule has 4 rings (SSSR count). The molecule has 27 heavy (non-hydrogen) atoms. The largest absolute Gasteiger partial charge is 0.374 e. The first-order valence-corrected chi connectivity index (χ1v) is 12.2. The lowest BCUT2D eigenvalue weighted by Gasteiger charge is -2.35. The zero-order chi connectivity index (χ0) is 18.9. The third-order valence-corrected chi connectivity index (χ3v) is 8.41. The van der Waals surface area contributed by atoms with Gasteiger partial charge in [0.1, 0.15) is 0 Å². The third-order valence-electron chi connectivity index (χ3n) is 6.58. The maximum atomic E-state index is 12.8. The highest BCUT2D eigenvalue weighted by Gasteiger charge is 2.37. The maximum Gasteiger partial charge on any atom is 0.225 e. The molecule has 4 fully saturated rings. The van der Waals surface area contributed by atoms with Crippen LogP contribution in [0.5, 0.6) is 0 Å². The van der Waals surface area contributed by atoms with Crippen LogP contribution in [-0.2, 0) is 19.6 Å². The molecule has 8 heteroatoms. The van der Waals surface area contributed by atoms with E-state index in [1.165, 1.54) is 12.8 Å². The number of carbonyl (C=O) groups excluding carboxylic acids is 1. The number of nitrogens with zero attached hydrogens (tertiary/aromatic N) is 2. The minimum Gasteiger partial charge on any atom is -0.374 e. The molecule has 2 saturated heterocycles. The summed E-state index contributed by atoms with van der Waals surface area (Å²) in [6, 6.07) is 0.682. The molecule has 1 amide bonds. The number of nitrogens with one attached hydrogen (secondary N) is 1. The van der Waals surface area contributed by atoms with Crippen LogP contribution in [0, 0.1) is 5.92 Å². The Kier molecular flexibility index (Phi) is 6.06. The molecular formula is C19H33N3O4S. The summed E-state index contributed by atoms with van der Waals surface area (Å²) in [6.07, 6.45) is 7.98. The summed E-state index contributed by atoms with van der Waals surface area (Å²) in [7, 11) is -3.44. The van der Waals surface area contributed by atoms with E-state index in [1.807, 2.05) is 0 Å². The first-order valence-electron chi connectivity index (χ1n) is 10.7. The third kappa shape index (κ3) is 4.83. The van der Waals surface area contributed by atoms with E-state index in [9.17, 15) is 13.2 Å². The van der Waals surface area contributed by atoms with Crippen molar-refractivity contribution in [3.63, 3.8) is 0 Å². The molecule has 2 heterocycles. The summed E-state index contributed by atoms with van der Waals surface area (Å²) in [5.41, 5.74) is 0. The van der Waals surface area contributed by atoms with E-state index >= 15 is 0 Å². The molecule has 1 N–H and O–H groups in total. The standard InChI is InChI=1S/C19H33N3O4S/c23-19(15-4-1-2-5-15)22-9-3-6-18(14-22)27(24,25)20-12-17-13-21(10-11-26-17)16-7-8-16/h15-18,20H,1-14H2. The van der Waals surface area contributed by atoms with Crippen LogP contribution in [-0.4, -0.2) is 80.9 Å². The van der Waals surface area contributed by atoms with Gasteiger partial charge in [-0.25, -0.2) is 13.1 Å². The minimum atomic E-state index is -3.44. The lowest BCUT2D eigenvalue weighted by molar-refractivity contribution is -0.136. The lowest BCUT2D eigenvalue weighted by Crippen LogP contribution is -2.52. The first-order chi connectivity index (χ1) is 13.0. The summed E-state index contributed by atoms with van der Waals surface area (Å²) in [4.78, 5) is 16.9. The van der Waals surface area contributed by atoms with Crippen molar-refractivity contribution in [2.24, 2.45) is 5.92 Å². The molecule has 154 valence electrons. The van der Waals surface area contributed by atoms with Gasteiger partial charge in [-0.2, -0.15) is 0 Å². The van der Waals surface area contributed by atoms with Gasteiger partial charge in [0, 0.05) is 44.7 Å². The quantitative estimate of drug-likeness (QED) is 0.719. The van der Waals surface area contributed by atoms with E-state index in [0.29, 0.717) is 38.7 Å². The van der Waals surface area contributed by atoms with Crippen molar-refractivity contribution in [1.82, 2.24) is 14.5 Å². The Balaban J connectivity index is 1.29. The van der Waals surface area contributed by atoms with Crippen LogP contribution in [0.4, 0.5) is 0 Å². The lowest BCUT2D eigenvalue weighted by atomic mass is 10.0. The Morgan fingerprint density at radius 1 is 1.00 bits per heavy atom. The van der Waals surface area contributed by atoms with Crippen LogP contribution in [0.1, 0.15) is 51.4 Å². The number of likely N-dealkylation sites (tertiary alicyclic amines) is 1. The Morgan fingerprint density at radius 2 is 1.78 bits per heavy atom. The number of amides is 1. The fourth-order valence-corrected chi connectivity index (χ4v) is 6.29. The van der Waals surface area contributed by atoms with E-state index in [-0.39, 0.29) is 17.9 Å². The van der Waals surface area contributed by atoms with Gasteiger partial charge < -0.3 is 9.64 Å². The number of carbonyl (C=O) groups is 1. The van der Waals surface area contributed by atoms with Crippen molar-refractivity contribution in [3.05, 3.63) is 0 Å². The predicted octanol–water partition coefficient (Wildman–Crippen LogP) is 0.950. The molecule has 0 radical (unpaired) electrons. The van der Waals surface area contributed by atoms with Crippen LogP contribution in [0.2, 0.25) is 0 Å². The summed E-state index contributed by atoms with van der Waals surface area (Å²) in [5.74, 6) is 0.284. The van der Waals surface area contributed by atoms with E-state index in [0.717, 1.165) is 45.2 Å². The van der Waals surface area contributed by atoms with E-state index in [4.69, 9.17) is 4.74 Å². The molecule has 4 aliphatic rings. The first kappa shape index (κ1) is 19.6. The van der Waals surface area contributed by atoms with Gasteiger partial charge in [0.2, 0.25) is 15.9 Å². The Hall–Kier alpha value is -0.700. The van der Waals surface area contributed by atoms with Gasteiger partial charge in [-0.3, -0.25) is 9.69 Å². The van der Waals surface area contributed by atoms with Crippen LogP contribution in [0.3, 0.4) is 0 Å². The number of piperidine rings is 1. The molecule has 0 spiro atoms. The van der Waals surface area contributed by atoms with Crippen LogP contribution < -0.4 is 4.72 Å². The average molecular weight is 400 g/mol. The molecule has 0 bridgehead atoms. The van der Waals surface area contributed by atoms with Crippen molar-refractivity contribution in [2.45, 2.75) is 68.8 Å². The molecular weight excluding hydrogens is 366 g/mol. The molecule has 0 aromatic carbocycles. The summed E-state index contributed by atoms with van der Waals surface area (Å²) >= 11 is 0. The van der Waals surface area contributed by atoms with E-state index in [2.05, 4.69) is 9.62 Å². The number of morpholine rings is 1. The van der Waals surface area contributed by atoms with Gasteiger partial charge in [0.05, 0.1) is 18.0 Å². The van der Waals surface area contributed by atoms with Crippen molar-refractivity contribution >= 4 is 15.9 Å². The Labute approximate surface area is 162 Å². The van der Waals surface area contributed by atoms with E-state index < -0.39 is 15.3 Å². The normalized spacial score (nSPS) is 31.3. The highest BCUT2D eigenvalue weighted by atomic mass is 32.2. The smallest absolute Gasteiger partial charge is 0.225 e. The Bertz CT molecular complexity index is 631. The second kappa shape index (κ2) is 8.35. The fraction of sp³-hybridized carbons (Fsp3) is 0.947. The zero-order valence-corrected chi connectivity index (χ0v) is 17.0. The highest BCUT2D eigenvalue weighted by Crippen LogP contribution is 2.29. The van der Waals surface area contributed by atoms with Crippen molar-refractivity contribution in [1.29, 1.82) is 0 Å².